The second-order valence-corrected chi connectivity index (χ2v) is 5.23. The molecule has 1 aliphatic heterocycles. The van der Waals surface area contributed by atoms with E-state index in [1.165, 1.54) is 6.42 Å². The average Bonchev–Trinajstić information content (AvgIpc) is 2.16. The molecular weight excluding hydrogens is 222 g/mol. The Kier molecular flexibility index (Phi) is 3.44. The van der Waals surface area contributed by atoms with Crippen LogP contribution >= 0.6 is 12.2 Å². The van der Waals surface area contributed by atoms with E-state index in [0.717, 1.165) is 45.2 Å². The number of nitrogens with zero attached hydrogens (tertiary/aromatic N) is 1. The van der Waals surface area contributed by atoms with Crippen molar-refractivity contribution in [2.75, 3.05) is 13.1 Å². The first-order valence-electron chi connectivity index (χ1n) is 6.01. The van der Waals surface area contributed by atoms with Crippen molar-refractivity contribution in [3.63, 3.8) is 0 Å². The van der Waals surface area contributed by atoms with Gasteiger partial charge in [0.05, 0.1) is 4.99 Å². The first-order chi connectivity index (χ1) is 7.65. The van der Waals surface area contributed by atoms with Crippen LogP contribution in [0.1, 0.15) is 38.5 Å². The molecule has 1 heterocycles. The maximum absolute atomic E-state index is 12.1. The number of hydrogen-bond donors (Lipinski definition) is 2. The zero-order chi connectivity index (χ0) is 11.6. The third-order valence-electron chi connectivity index (χ3n) is 3.73. The molecule has 0 aromatic heterocycles. The van der Waals surface area contributed by atoms with E-state index in [4.69, 9.17) is 18.0 Å². The lowest BCUT2D eigenvalue weighted by molar-refractivity contribution is -0.136. The quantitative estimate of drug-likeness (QED) is 0.723. The number of piperidine rings is 1. The van der Waals surface area contributed by atoms with E-state index in [-0.39, 0.29) is 5.91 Å². The van der Waals surface area contributed by atoms with Gasteiger partial charge in [0.15, 0.2) is 0 Å². The summed E-state index contributed by atoms with van der Waals surface area (Å²) in [7, 11) is 0. The molecule has 0 bridgehead atoms. The fourth-order valence-corrected chi connectivity index (χ4v) is 2.67. The number of thiocarbonyl (C=S) groups is 1. The molecule has 0 aromatic carbocycles. The molecule has 1 saturated heterocycles. The molecule has 2 fully saturated rings. The molecule has 1 aliphatic carbocycles. The minimum absolute atomic E-state index is 0.00755. The van der Waals surface area contributed by atoms with Crippen LogP contribution in [0.5, 0.6) is 0 Å². The lowest BCUT2D eigenvalue weighted by Gasteiger charge is -2.41. The van der Waals surface area contributed by atoms with Gasteiger partial charge < -0.3 is 5.73 Å². The average molecular weight is 241 g/mol. The predicted octanol–water partition coefficient (Wildman–Crippen LogP) is 0.960. The highest BCUT2D eigenvalue weighted by Gasteiger charge is 2.47. The third-order valence-corrected chi connectivity index (χ3v) is 4.12. The van der Waals surface area contributed by atoms with Gasteiger partial charge in [0.2, 0.25) is 5.91 Å². The SMILES string of the molecule is NC(=S)C1(C(=O)NN2CCCCC2)CCC1. The standard InChI is InChI=1S/C11H19N3OS/c12-9(16)11(5-4-6-11)10(15)13-14-7-2-1-3-8-14/h1-8H2,(H2,12,16)(H,13,15). The molecule has 16 heavy (non-hydrogen) atoms. The summed E-state index contributed by atoms with van der Waals surface area (Å²) < 4.78 is 0. The summed E-state index contributed by atoms with van der Waals surface area (Å²) in [6, 6.07) is 0. The van der Waals surface area contributed by atoms with Gasteiger partial charge in [0.1, 0.15) is 5.41 Å². The third kappa shape index (κ3) is 2.06. The predicted molar refractivity (Wildman–Crippen MR) is 66.6 cm³/mol. The zero-order valence-electron chi connectivity index (χ0n) is 9.50. The van der Waals surface area contributed by atoms with Crippen LogP contribution in [0.15, 0.2) is 0 Å². The first-order valence-corrected chi connectivity index (χ1v) is 6.42. The van der Waals surface area contributed by atoms with Crippen molar-refractivity contribution in [1.82, 2.24) is 10.4 Å². The normalized spacial score (nSPS) is 24.5. The van der Waals surface area contributed by atoms with Crippen LogP contribution in [0.4, 0.5) is 0 Å². The van der Waals surface area contributed by atoms with Crippen molar-refractivity contribution in [2.45, 2.75) is 38.5 Å². The molecule has 3 N–H and O–H groups in total. The van der Waals surface area contributed by atoms with Crippen molar-refractivity contribution in [3.05, 3.63) is 0 Å². The summed E-state index contributed by atoms with van der Waals surface area (Å²) in [6.07, 6.45) is 6.22. The second-order valence-electron chi connectivity index (χ2n) is 4.79. The summed E-state index contributed by atoms with van der Waals surface area (Å²) in [5.41, 5.74) is 8.11. The van der Waals surface area contributed by atoms with Gasteiger partial charge in [-0.1, -0.05) is 25.1 Å². The van der Waals surface area contributed by atoms with Gasteiger partial charge in [0.25, 0.3) is 0 Å². The molecule has 1 saturated carbocycles. The second kappa shape index (κ2) is 4.67. The van der Waals surface area contributed by atoms with E-state index in [9.17, 15) is 4.79 Å². The summed E-state index contributed by atoms with van der Waals surface area (Å²) in [5.74, 6) is 0.00755. The van der Waals surface area contributed by atoms with E-state index in [1.54, 1.807) is 0 Å². The van der Waals surface area contributed by atoms with Crippen LogP contribution in [0.3, 0.4) is 0 Å². The molecule has 90 valence electrons. The molecule has 0 spiro atoms. The molecule has 0 radical (unpaired) electrons. The van der Waals surface area contributed by atoms with Crippen LogP contribution in [0, 0.1) is 5.41 Å². The summed E-state index contributed by atoms with van der Waals surface area (Å²) in [6.45, 7) is 1.89. The summed E-state index contributed by atoms with van der Waals surface area (Å²) in [4.78, 5) is 12.5. The highest BCUT2D eigenvalue weighted by molar-refractivity contribution is 7.80. The van der Waals surface area contributed by atoms with Crippen LogP contribution in [0.2, 0.25) is 0 Å². The summed E-state index contributed by atoms with van der Waals surface area (Å²) >= 11 is 5.02. The minimum atomic E-state index is -0.549. The van der Waals surface area contributed by atoms with Crippen molar-refractivity contribution in [2.24, 2.45) is 11.1 Å². The molecule has 0 unspecified atom stereocenters. The Morgan fingerprint density at radius 3 is 2.25 bits per heavy atom. The Hall–Kier alpha value is -0.680. The Labute approximate surface area is 102 Å². The zero-order valence-corrected chi connectivity index (χ0v) is 10.3. The van der Waals surface area contributed by atoms with Gasteiger partial charge in [0, 0.05) is 13.1 Å². The van der Waals surface area contributed by atoms with E-state index >= 15 is 0 Å². The molecule has 0 atom stereocenters. The lowest BCUT2D eigenvalue weighted by Crippen LogP contribution is -2.57. The number of amides is 1. The number of nitrogens with two attached hydrogens (primary N) is 1. The Morgan fingerprint density at radius 1 is 1.19 bits per heavy atom. The molecule has 5 heteroatoms. The van der Waals surface area contributed by atoms with Gasteiger partial charge in [-0.2, -0.15) is 0 Å². The number of hydrazine groups is 1. The number of hydrogen-bond acceptors (Lipinski definition) is 3. The van der Waals surface area contributed by atoms with Crippen LogP contribution in [-0.2, 0) is 4.79 Å². The molecule has 2 aliphatic rings. The van der Waals surface area contributed by atoms with Crippen LogP contribution in [0.25, 0.3) is 0 Å². The highest BCUT2D eigenvalue weighted by atomic mass is 32.1. The summed E-state index contributed by atoms with van der Waals surface area (Å²) in [5, 5.41) is 2.00. The lowest BCUT2D eigenvalue weighted by atomic mass is 9.68. The first kappa shape index (κ1) is 11.8. The monoisotopic (exact) mass is 241 g/mol. The maximum Gasteiger partial charge on any atom is 0.247 e. The molecular formula is C11H19N3OS. The maximum atomic E-state index is 12.1. The van der Waals surface area contributed by atoms with Gasteiger partial charge in [-0.25, -0.2) is 5.01 Å². The molecule has 4 nitrogen and oxygen atoms in total. The smallest absolute Gasteiger partial charge is 0.247 e. The van der Waals surface area contributed by atoms with Crippen molar-refractivity contribution < 1.29 is 4.79 Å². The topological polar surface area (TPSA) is 58.4 Å². The number of carbonyl (C=O) groups excluding carboxylic acids is 1. The van der Waals surface area contributed by atoms with Gasteiger partial charge in [-0.3, -0.25) is 10.2 Å². The van der Waals surface area contributed by atoms with E-state index < -0.39 is 5.41 Å². The van der Waals surface area contributed by atoms with Crippen LogP contribution in [-0.4, -0.2) is 29.0 Å². The van der Waals surface area contributed by atoms with Crippen molar-refractivity contribution in [3.8, 4) is 0 Å². The Balaban J connectivity index is 1.93. The van der Waals surface area contributed by atoms with E-state index in [2.05, 4.69) is 5.43 Å². The Morgan fingerprint density at radius 2 is 1.81 bits per heavy atom. The minimum Gasteiger partial charge on any atom is -0.392 e. The van der Waals surface area contributed by atoms with Crippen molar-refractivity contribution in [1.29, 1.82) is 0 Å². The molecule has 1 amide bonds. The fraction of sp³-hybridized carbons (Fsp3) is 0.818. The van der Waals surface area contributed by atoms with Gasteiger partial charge in [-0.15, -0.1) is 0 Å². The van der Waals surface area contributed by atoms with E-state index in [0.29, 0.717) is 4.99 Å². The number of carbonyl (C=O) groups is 1. The number of rotatable bonds is 3. The van der Waals surface area contributed by atoms with Crippen LogP contribution < -0.4 is 11.2 Å². The van der Waals surface area contributed by atoms with E-state index in [1.807, 2.05) is 5.01 Å². The van der Waals surface area contributed by atoms with Crippen molar-refractivity contribution >= 4 is 23.1 Å². The number of nitrogens with one attached hydrogen (secondary N) is 1. The van der Waals surface area contributed by atoms with Gasteiger partial charge >= 0.3 is 0 Å². The van der Waals surface area contributed by atoms with Gasteiger partial charge in [-0.05, 0) is 25.7 Å². The largest absolute Gasteiger partial charge is 0.392 e. The molecule has 0 aromatic rings. The Bertz CT molecular complexity index is 296. The molecule has 2 rings (SSSR count). The highest BCUT2D eigenvalue weighted by Crippen LogP contribution is 2.41. The fourth-order valence-electron chi connectivity index (χ4n) is 2.37.